The molecule has 0 saturated heterocycles. The van der Waals surface area contributed by atoms with Crippen molar-refractivity contribution < 1.29 is 14.1 Å². The predicted octanol–water partition coefficient (Wildman–Crippen LogP) is 7.28. The Bertz CT molecular complexity index is 1260. The third-order valence-electron chi connectivity index (χ3n) is 6.53. The van der Waals surface area contributed by atoms with Crippen LogP contribution in [0, 0.1) is 0 Å². The number of fused-ring (bicyclic) bond motifs is 2. The third-order valence-corrected chi connectivity index (χ3v) is 11.8. The fourth-order valence-electron chi connectivity index (χ4n) is 3.58. The van der Waals surface area contributed by atoms with Gasteiger partial charge in [-0.25, -0.2) is 4.79 Å². The van der Waals surface area contributed by atoms with Crippen LogP contribution in [-0.2, 0) is 15.7 Å². The highest BCUT2D eigenvalue weighted by molar-refractivity contribution is 7.21. The van der Waals surface area contributed by atoms with Crippen LogP contribution in [0.25, 0.3) is 10.1 Å². The number of nitrogens with zero attached hydrogens (tertiary/aromatic N) is 2. The highest BCUT2D eigenvalue weighted by Gasteiger charge is 2.40. The Kier molecular flexibility index (Phi) is 6.57. The number of nitrogens with one attached hydrogen (secondary N) is 1. The maximum atomic E-state index is 12.8. The number of aromatic nitrogens is 1. The molecule has 0 fully saturated rings. The SMILES string of the molecule is CC(C)OC(=O)c1sc2cnccc2c1Nc1ccc2c(c1)CCC2=NO[Si](C)(C)C(C)(C)C. The first kappa shape index (κ1) is 24.4. The number of hydrogen-bond donors (Lipinski definition) is 1. The molecular weight excluding hydrogens is 462 g/mol. The minimum Gasteiger partial charge on any atom is -0.459 e. The minimum atomic E-state index is -1.95. The van der Waals surface area contributed by atoms with Crippen molar-refractivity contribution in [3.63, 3.8) is 0 Å². The topological polar surface area (TPSA) is 72.8 Å². The summed E-state index contributed by atoms with van der Waals surface area (Å²) >= 11 is 1.40. The summed E-state index contributed by atoms with van der Waals surface area (Å²) in [6.07, 6.45) is 5.12. The molecule has 3 aromatic rings. The van der Waals surface area contributed by atoms with Gasteiger partial charge >= 0.3 is 5.97 Å². The van der Waals surface area contributed by atoms with E-state index in [9.17, 15) is 4.79 Å². The van der Waals surface area contributed by atoms with Crippen LogP contribution in [0.15, 0.2) is 41.8 Å². The van der Waals surface area contributed by atoms with Gasteiger partial charge in [-0.05, 0) is 68.6 Å². The van der Waals surface area contributed by atoms with Gasteiger partial charge in [0, 0.05) is 29.0 Å². The van der Waals surface area contributed by atoms with E-state index in [1.807, 2.05) is 26.0 Å². The summed E-state index contributed by atoms with van der Waals surface area (Å²) in [6.45, 7) is 14.8. The van der Waals surface area contributed by atoms with Crippen molar-refractivity contribution in [1.82, 2.24) is 4.98 Å². The second kappa shape index (κ2) is 9.15. The third kappa shape index (κ3) is 4.88. The van der Waals surface area contributed by atoms with Crippen LogP contribution in [0.5, 0.6) is 0 Å². The predicted molar refractivity (Wildman–Crippen MR) is 143 cm³/mol. The van der Waals surface area contributed by atoms with E-state index in [0.717, 1.165) is 45.6 Å². The lowest BCUT2D eigenvalue weighted by Crippen LogP contribution is -2.39. The van der Waals surface area contributed by atoms with Crippen molar-refractivity contribution >= 4 is 52.8 Å². The number of carbonyl (C=O) groups excluding carboxylic acids is 1. The summed E-state index contributed by atoms with van der Waals surface area (Å²) in [6, 6.07) is 8.21. The average molecular weight is 496 g/mol. The summed E-state index contributed by atoms with van der Waals surface area (Å²) in [5.41, 5.74) is 5.08. The minimum absolute atomic E-state index is 0.111. The second-order valence-electron chi connectivity index (χ2n) is 10.5. The Balaban J connectivity index is 1.62. The molecule has 6 nitrogen and oxygen atoms in total. The first-order valence-electron chi connectivity index (χ1n) is 11.7. The van der Waals surface area contributed by atoms with Gasteiger partial charge in [0.1, 0.15) is 4.88 Å². The molecule has 0 unspecified atom stereocenters. The summed E-state index contributed by atoms with van der Waals surface area (Å²) in [4.78, 5) is 17.6. The quantitative estimate of drug-likeness (QED) is 0.221. The van der Waals surface area contributed by atoms with Crippen molar-refractivity contribution in [3.8, 4) is 0 Å². The number of oxime groups is 1. The van der Waals surface area contributed by atoms with Crippen LogP contribution in [-0.4, -0.2) is 31.1 Å². The van der Waals surface area contributed by atoms with Gasteiger partial charge in [0.15, 0.2) is 0 Å². The molecule has 0 radical (unpaired) electrons. The van der Waals surface area contributed by atoms with Crippen molar-refractivity contribution in [2.45, 2.75) is 71.7 Å². The van der Waals surface area contributed by atoms with Gasteiger partial charge in [-0.1, -0.05) is 26.8 Å². The molecule has 180 valence electrons. The van der Waals surface area contributed by atoms with E-state index in [4.69, 9.17) is 9.26 Å². The number of ether oxygens (including phenoxy) is 1. The molecule has 8 heteroatoms. The van der Waals surface area contributed by atoms with Crippen LogP contribution in [0.1, 0.15) is 61.8 Å². The molecule has 0 saturated carbocycles. The smallest absolute Gasteiger partial charge is 0.350 e. The van der Waals surface area contributed by atoms with Gasteiger partial charge < -0.3 is 14.6 Å². The zero-order valence-electron chi connectivity index (χ0n) is 21.0. The van der Waals surface area contributed by atoms with Crippen molar-refractivity contribution in [2.75, 3.05) is 5.32 Å². The molecule has 34 heavy (non-hydrogen) atoms. The van der Waals surface area contributed by atoms with E-state index in [-0.39, 0.29) is 17.1 Å². The number of pyridine rings is 1. The van der Waals surface area contributed by atoms with Gasteiger partial charge in [0.2, 0.25) is 0 Å². The molecular formula is C26H33N3O3SSi. The zero-order chi connectivity index (χ0) is 24.7. The number of aryl methyl sites for hydroxylation is 1. The number of thiophene rings is 1. The van der Waals surface area contributed by atoms with Crippen LogP contribution < -0.4 is 5.32 Å². The Hall–Kier alpha value is -2.71. The summed E-state index contributed by atoms with van der Waals surface area (Å²) in [5, 5.41) is 9.16. The second-order valence-corrected chi connectivity index (χ2v) is 16.3. The van der Waals surface area contributed by atoms with Crippen LogP contribution in [0.3, 0.4) is 0 Å². The fraction of sp³-hybridized carbons (Fsp3) is 0.423. The van der Waals surface area contributed by atoms with Gasteiger partial charge in [-0.15, -0.1) is 16.5 Å². The highest BCUT2D eigenvalue weighted by atomic mass is 32.1. The Labute approximate surface area is 206 Å². The van der Waals surface area contributed by atoms with E-state index in [1.165, 1.54) is 16.9 Å². The number of carbonyl (C=O) groups is 1. The van der Waals surface area contributed by atoms with E-state index < -0.39 is 8.32 Å². The summed E-state index contributed by atoms with van der Waals surface area (Å²) < 4.78 is 12.6. The molecule has 2 heterocycles. The highest BCUT2D eigenvalue weighted by Crippen LogP contribution is 2.39. The van der Waals surface area contributed by atoms with Gasteiger partial charge in [0.25, 0.3) is 8.32 Å². The van der Waals surface area contributed by atoms with Crippen LogP contribution in [0.4, 0.5) is 11.4 Å². The first-order chi connectivity index (χ1) is 16.0. The fourth-order valence-corrected chi connectivity index (χ4v) is 5.20. The van der Waals surface area contributed by atoms with E-state index >= 15 is 0 Å². The van der Waals surface area contributed by atoms with Gasteiger partial charge in [-0.2, -0.15) is 0 Å². The Morgan fingerprint density at radius 1 is 1.21 bits per heavy atom. The lowest BCUT2D eigenvalue weighted by molar-refractivity contribution is 0.0385. The maximum Gasteiger partial charge on any atom is 0.350 e. The normalized spacial score (nSPS) is 15.1. The monoisotopic (exact) mass is 495 g/mol. The van der Waals surface area contributed by atoms with Crippen molar-refractivity contribution in [2.24, 2.45) is 5.16 Å². The zero-order valence-corrected chi connectivity index (χ0v) is 22.8. The van der Waals surface area contributed by atoms with Gasteiger partial charge in [-0.3, -0.25) is 4.98 Å². The standard InChI is InChI=1S/C26H33N3O3SSi/c1-16(2)31-25(30)24-23(20-12-13-27-15-22(20)33-24)28-18-9-10-19-17(14-18)8-11-21(19)29-32-34(6,7)26(3,4)5/h9-10,12-16,28H,8,11H2,1-7H3. The number of anilines is 2. The first-order valence-corrected chi connectivity index (χ1v) is 15.4. The summed E-state index contributed by atoms with van der Waals surface area (Å²) in [7, 11) is -1.95. The molecule has 4 rings (SSSR count). The molecule has 0 spiro atoms. The number of benzene rings is 1. The molecule has 1 aliphatic rings. The molecule has 0 aliphatic heterocycles. The molecule has 0 bridgehead atoms. The van der Waals surface area contributed by atoms with E-state index in [2.05, 4.69) is 61.5 Å². The van der Waals surface area contributed by atoms with E-state index in [1.54, 1.807) is 12.4 Å². The molecule has 1 aliphatic carbocycles. The number of hydrogen-bond acceptors (Lipinski definition) is 7. The molecule has 0 amide bonds. The molecule has 1 aromatic carbocycles. The Morgan fingerprint density at radius 3 is 2.68 bits per heavy atom. The largest absolute Gasteiger partial charge is 0.459 e. The molecule has 1 N–H and O–H groups in total. The Morgan fingerprint density at radius 2 is 1.97 bits per heavy atom. The average Bonchev–Trinajstić information content (AvgIpc) is 3.32. The number of esters is 1. The maximum absolute atomic E-state index is 12.8. The van der Waals surface area contributed by atoms with Crippen molar-refractivity contribution in [3.05, 3.63) is 52.7 Å². The lowest BCUT2D eigenvalue weighted by atomic mass is 10.1. The lowest BCUT2D eigenvalue weighted by Gasteiger charge is -2.33. The number of rotatable bonds is 6. The van der Waals surface area contributed by atoms with Crippen LogP contribution in [0.2, 0.25) is 18.1 Å². The van der Waals surface area contributed by atoms with Crippen LogP contribution >= 0.6 is 11.3 Å². The molecule has 0 atom stereocenters. The molecule has 2 aromatic heterocycles. The van der Waals surface area contributed by atoms with Crippen molar-refractivity contribution in [1.29, 1.82) is 0 Å². The summed E-state index contributed by atoms with van der Waals surface area (Å²) in [5.74, 6) is -0.322. The van der Waals surface area contributed by atoms with E-state index in [0.29, 0.717) is 4.88 Å². The van der Waals surface area contributed by atoms with Gasteiger partial charge in [0.05, 0.1) is 22.2 Å².